The van der Waals surface area contributed by atoms with E-state index in [1.54, 1.807) is 24.3 Å². The number of esters is 1. The first-order valence-corrected chi connectivity index (χ1v) is 8.88. The molecule has 0 spiro atoms. The van der Waals surface area contributed by atoms with Crippen molar-refractivity contribution in [1.82, 2.24) is 0 Å². The molecule has 0 atom stereocenters. The van der Waals surface area contributed by atoms with Crippen LogP contribution in [0, 0.1) is 0 Å². The highest BCUT2D eigenvalue weighted by Crippen LogP contribution is 2.31. The zero-order valence-electron chi connectivity index (χ0n) is 15.7. The van der Waals surface area contributed by atoms with E-state index in [1.165, 1.54) is 18.2 Å². The van der Waals surface area contributed by atoms with Crippen LogP contribution < -0.4 is 5.32 Å². The number of benzene rings is 2. The van der Waals surface area contributed by atoms with E-state index in [9.17, 15) is 18.0 Å². The SMILES string of the molecule is C=CCOCCOCCOC(=O)c1ccccc1Nc1cccc(C(F)(F)F)c1. The third-order valence-corrected chi connectivity index (χ3v) is 3.68. The Labute approximate surface area is 167 Å². The van der Waals surface area contributed by atoms with E-state index in [2.05, 4.69) is 11.9 Å². The molecular weight excluding hydrogens is 387 g/mol. The van der Waals surface area contributed by atoms with E-state index in [-0.39, 0.29) is 24.5 Å². The molecule has 5 nitrogen and oxygen atoms in total. The monoisotopic (exact) mass is 409 g/mol. The van der Waals surface area contributed by atoms with Gasteiger partial charge in [-0.15, -0.1) is 6.58 Å². The van der Waals surface area contributed by atoms with E-state index in [0.717, 1.165) is 12.1 Å². The average Bonchev–Trinajstić information content (AvgIpc) is 2.70. The van der Waals surface area contributed by atoms with E-state index < -0.39 is 17.7 Å². The third kappa shape index (κ3) is 7.59. The number of rotatable bonds is 11. The largest absolute Gasteiger partial charge is 0.460 e. The molecule has 0 bridgehead atoms. The summed E-state index contributed by atoms with van der Waals surface area (Å²) >= 11 is 0. The number of anilines is 2. The van der Waals surface area contributed by atoms with Gasteiger partial charge in [-0.25, -0.2) is 4.79 Å². The zero-order valence-corrected chi connectivity index (χ0v) is 15.7. The molecule has 0 radical (unpaired) electrons. The first kappa shape index (κ1) is 22.4. The van der Waals surface area contributed by atoms with Gasteiger partial charge in [-0.3, -0.25) is 0 Å². The molecule has 0 unspecified atom stereocenters. The summed E-state index contributed by atoms with van der Waals surface area (Å²) in [5.41, 5.74) is -0.0190. The molecule has 0 fully saturated rings. The van der Waals surface area contributed by atoms with Crippen LogP contribution in [0.25, 0.3) is 0 Å². The number of hydrogen-bond donors (Lipinski definition) is 1. The minimum Gasteiger partial charge on any atom is -0.460 e. The van der Waals surface area contributed by atoms with Crippen LogP contribution in [-0.4, -0.2) is 39.0 Å². The predicted molar refractivity (Wildman–Crippen MR) is 103 cm³/mol. The number of para-hydroxylation sites is 1. The molecule has 0 aliphatic carbocycles. The van der Waals surface area contributed by atoms with Crippen molar-refractivity contribution < 1.29 is 32.2 Å². The summed E-state index contributed by atoms with van der Waals surface area (Å²) in [5, 5.41) is 2.84. The first-order chi connectivity index (χ1) is 13.9. The van der Waals surface area contributed by atoms with E-state index >= 15 is 0 Å². The first-order valence-electron chi connectivity index (χ1n) is 8.88. The van der Waals surface area contributed by atoms with E-state index in [4.69, 9.17) is 14.2 Å². The number of halogens is 3. The fourth-order valence-electron chi connectivity index (χ4n) is 2.36. The number of carbonyl (C=O) groups is 1. The van der Waals surface area contributed by atoms with Crippen LogP contribution in [0.4, 0.5) is 24.5 Å². The molecule has 0 aliphatic heterocycles. The topological polar surface area (TPSA) is 56.8 Å². The minimum absolute atomic E-state index is 0.0399. The normalized spacial score (nSPS) is 11.1. The highest BCUT2D eigenvalue weighted by Gasteiger charge is 2.30. The Bertz CT molecular complexity index is 809. The van der Waals surface area contributed by atoms with Gasteiger partial charge in [0.2, 0.25) is 0 Å². The van der Waals surface area contributed by atoms with Crippen LogP contribution in [0.2, 0.25) is 0 Å². The van der Waals surface area contributed by atoms with Crippen molar-refractivity contribution in [2.24, 2.45) is 0 Å². The van der Waals surface area contributed by atoms with Crippen LogP contribution in [-0.2, 0) is 20.4 Å². The fraction of sp³-hybridized carbons (Fsp3) is 0.286. The van der Waals surface area contributed by atoms with Gasteiger partial charge in [0, 0.05) is 5.69 Å². The zero-order chi connectivity index (χ0) is 21.1. The summed E-state index contributed by atoms with van der Waals surface area (Å²) in [5.74, 6) is -0.605. The smallest absolute Gasteiger partial charge is 0.416 e. The van der Waals surface area contributed by atoms with Crippen molar-refractivity contribution in [2.75, 3.05) is 38.4 Å². The van der Waals surface area contributed by atoms with Gasteiger partial charge in [0.25, 0.3) is 0 Å². The number of alkyl halides is 3. The molecular formula is C21H22F3NO4. The Balaban J connectivity index is 1.91. The van der Waals surface area contributed by atoms with Gasteiger partial charge in [0.1, 0.15) is 6.61 Å². The van der Waals surface area contributed by atoms with Crippen LogP contribution in [0.5, 0.6) is 0 Å². The number of carbonyl (C=O) groups excluding carboxylic acids is 1. The summed E-state index contributed by atoms with van der Waals surface area (Å²) in [4.78, 5) is 12.3. The Morgan fingerprint density at radius 2 is 1.72 bits per heavy atom. The molecule has 0 aromatic heterocycles. The second-order valence-electron chi connectivity index (χ2n) is 5.86. The number of ether oxygens (including phenoxy) is 3. The van der Waals surface area contributed by atoms with Crippen LogP contribution in [0.1, 0.15) is 15.9 Å². The van der Waals surface area contributed by atoms with Gasteiger partial charge in [-0.1, -0.05) is 24.3 Å². The summed E-state index contributed by atoms with van der Waals surface area (Å²) in [7, 11) is 0. The Morgan fingerprint density at radius 1 is 1.00 bits per heavy atom. The Hall–Kier alpha value is -2.84. The van der Waals surface area contributed by atoms with Crippen LogP contribution >= 0.6 is 0 Å². The third-order valence-electron chi connectivity index (χ3n) is 3.68. The molecule has 1 N–H and O–H groups in total. The van der Waals surface area contributed by atoms with Gasteiger partial charge in [0.15, 0.2) is 0 Å². The molecule has 0 amide bonds. The molecule has 0 saturated heterocycles. The van der Waals surface area contributed by atoms with Crippen LogP contribution in [0.15, 0.2) is 61.2 Å². The molecule has 0 saturated carbocycles. The van der Waals surface area contributed by atoms with Gasteiger partial charge in [-0.05, 0) is 30.3 Å². The fourth-order valence-corrected chi connectivity index (χ4v) is 2.36. The molecule has 156 valence electrons. The predicted octanol–water partition coefficient (Wildman–Crippen LogP) is 4.83. The van der Waals surface area contributed by atoms with Gasteiger partial charge in [0.05, 0.1) is 43.2 Å². The summed E-state index contributed by atoms with van der Waals surface area (Å²) < 4.78 is 54.2. The highest BCUT2D eigenvalue weighted by atomic mass is 19.4. The van der Waals surface area contributed by atoms with Crippen molar-refractivity contribution in [3.8, 4) is 0 Å². The maximum Gasteiger partial charge on any atom is 0.416 e. The van der Waals surface area contributed by atoms with Gasteiger partial charge in [-0.2, -0.15) is 13.2 Å². The molecule has 2 rings (SSSR count). The van der Waals surface area contributed by atoms with Crippen molar-refractivity contribution >= 4 is 17.3 Å². The molecule has 29 heavy (non-hydrogen) atoms. The highest BCUT2D eigenvalue weighted by molar-refractivity contribution is 5.96. The average molecular weight is 409 g/mol. The lowest BCUT2D eigenvalue weighted by molar-refractivity contribution is -0.137. The molecule has 0 aliphatic rings. The van der Waals surface area contributed by atoms with Crippen LogP contribution in [0.3, 0.4) is 0 Å². The summed E-state index contributed by atoms with van der Waals surface area (Å²) in [6.07, 6.45) is -2.82. The lowest BCUT2D eigenvalue weighted by Gasteiger charge is -2.13. The lowest BCUT2D eigenvalue weighted by atomic mass is 10.1. The molecule has 2 aromatic carbocycles. The molecule has 0 heterocycles. The Kier molecular flexibility index (Phi) is 8.69. The maximum absolute atomic E-state index is 12.9. The van der Waals surface area contributed by atoms with Crippen molar-refractivity contribution in [3.63, 3.8) is 0 Å². The van der Waals surface area contributed by atoms with Crippen molar-refractivity contribution in [1.29, 1.82) is 0 Å². The lowest BCUT2D eigenvalue weighted by Crippen LogP contribution is -2.14. The van der Waals surface area contributed by atoms with Gasteiger partial charge >= 0.3 is 12.1 Å². The maximum atomic E-state index is 12.9. The molecule has 2 aromatic rings. The van der Waals surface area contributed by atoms with Gasteiger partial charge < -0.3 is 19.5 Å². The van der Waals surface area contributed by atoms with Crippen molar-refractivity contribution in [2.45, 2.75) is 6.18 Å². The summed E-state index contributed by atoms with van der Waals surface area (Å²) in [6, 6.07) is 11.2. The second-order valence-corrected chi connectivity index (χ2v) is 5.86. The number of nitrogens with one attached hydrogen (secondary N) is 1. The molecule has 8 heteroatoms. The minimum atomic E-state index is -4.45. The second kappa shape index (κ2) is 11.2. The summed E-state index contributed by atoms with van der Waals surface area (Å²) in [6.45, 7) is 4.97. The Morgan fingerprint density at radius 3 is 2.48 bits per heavy atom. The van der Waals surface area contributed by atoms with Crippen molar-refractivity contribution in [3.05, 3.63) is 72.3 Å². The quantitative estimate of drug-likeness (QED) is 0.327. The van der Waals surface area contributed by atoms with E-state index in [1.807, 2.05) is 0 Å². The standard InChI is InChI=1S/C21H22F3NO4/c1-2-10-27-11-12-28-13-14-29-20(26)18-8-3-4-9-19(18)25-17-7-5-6-16(15-17)21(22,23)24/h2-9,15,25H,1,10-14H2. The number of hydrogen-bond acceptors (Lipinski definition) is 5. The van der Waals surface area contributed by atoms with E-state index in [0.29, 0.717) is 25.5 Å².